The third-order valence-corrected chi connectivity index (χ3v) is 1.48. The van der Waals surface area contributed by atoms with Gasteiger partial charge in [-0.1, -0.05) is 0 Å². The van der Waals surface area contributed by atoms with E-state index >= 15 is 0 Å². The number of primary amides is 2. The fourth-order valence-electron chi connectivity index (χ4n) is 0.823. The third-order valence-electron chi connectivity index (χ3n) is 1.48. The van der Waals surface area contributed by atoms with Crippen molar-refractivity contribution in [2.24, 2.45) is 11.5 Å². The second-order valence-electron chi connectivity index (χ2n) is 2.71. The van der Waals surface area contributed by atoms with Crippen molar-refractivity contribution in [3.05, 3.63) is 11.5 Å². The van der Waals surface area contributed by atoms with Crippen molar-refractivity contribution in [3.63, 3.8) is 0 Å². The van der Waals surface area contributed by atoms with E-state index in [4.69, 9.17) is 25.2 Å². The molecule has 9 nitrogen and oxygen atoms in total. The van der Waals surface area contributed by atoms with Crippen LogP contribution in [0.1, 0.15) is 0 Å². The molecule has 9 heteroatoms. The normalized spacial score (nSPS) is 20.9. The van der Waals surface area contributed by atoms with Crippen LogP contribution < -0.4 is 11.5 Å². The maximum Gasteiger partial charge on any atom is 0.377 e. The predicted octanol–water partition coefficient (Wildman–Crippen LogP) is -2.38. The van der Waals surface area contributed by atoms with Crippen molar-refractivity contribution >= 4 is 12.0 Å². The van der Waals surface area contributed by atoms with E-state index in [9.17, 15) is 4.79 Å². The van der Waals surface area contributed by atoms with Crippen LogP contribution in [0.25, 0.3) is 0 Å². The maximum atomic E-state index is 10.5. The van der Waals surface area contributed by atoms with E-state index in [1.807, 2.05) is 0 Å². The van der Waals surface area contributed by atoms with Gasteiger partial charge < -0.3 is 36.6 Å². The number of aliphatic hydroxyl groups excluding tert-OH is 4. The molecule has 2 amide bonds. The van der Waals surface area contributed by atoms with Crippen LogP contribution in [0.4, 0.5) is 4.79 Å². The van der Waals surface area contributed by atoms with Gasteiger partial charge in [0, 0.05) is 0 Å². The third kappa shape index (κ3) is 3.63. The molecule has 0 bridgehead atoms. The quantitative estimate of drug-likeness (QED) is 0.290. The summed E-state index contributed by atoms with van der Waals surface area (Å²) < 4.78 is 4.32. The van der Waals surface area contributed by atoms with Crippen LogP contribution in [-0.4, -0.2) is 51.2 Å². The van der Waals surface area contributed by atoms with Crippen molar-refractivity contribution in [3.8, 4) is 0 Å². The van der Waals surface area contributed by atoms with Gasteiger partial charge in [-0.25, -0.2) is 9.59 Å². The standard InChI is InChI=1S/C6H8O6.CH4N2O/c7-1-2(8)5-3(9)4(10)6(11)12-5;2-1(3)4/h2,5,7-10H,1H2;(H4,2,3,4)/t2-,5+;/m0./s1. The van der Waals surface area contributed by atoms with E-state index in [1.54, 1.807) is 0 Å². The Kier molecular flexibility index (Phi) is 5.06. The summed E-state index contributed by atoms with van der Waals surface area (Å²) in [7, 11) is 0. The number of urea groups is 1. The lowest BCUT2D eigenvalue weighted by molar-refractivity contribution is -0.147. The van der Waals surface area contributed by atoms with Gasteiger partial charge in [-0.05, 0) is 0 Å². The molecule has 0 aliphatic carbocycles. The van der Waals surface area contributed by atoms with Crippen molar-refractivity contribution in [2.45, 2.75) is 12.2 Å². The zero-order chi connectivity index (χ0) is 12.9. The molecule has 0 saturated carbocycles. The number of aliphatic hydroxyl groups is 4. The molecule has 1 aliphatic rings. The molecule has 8 N–H and O–H groups in total. The molecule has 1 heterocycles. The van der Waals surface area contributed by atoms with Gasteiger partial charge in [-0.3, -0.25) is 0 Å². The van der Waals surface area contributed by atoms with Crippen LogP contribution >= 0.6 is 0 Å². The molecule has 16 heavy (non-hydrogen) atoms. The van der Waals surface area contributed by atoms with Crippen molar-refractivity contribution in [1.29, 1.82) is 0 Å². The second kappa shape index (κ2) is 5.78. The Hall–Kier alpha value is -2.00. The Morgan fingerprint density at radius 1 is 1.44 bits per heavy atom. The second-order valence-corrected chi connectivity index (χ2v) is 2.71. The Labute approximate surface area is 89.5 Å². The van der Waals surface area contributed by atoms with Gasteiger partial charge in [-0.15, -0.1) is 0 Å². The van der Waals surface area contributed by atoms with E-state index in [0.29, 0.717) is 0 Å². The summed E-state index contributed by atoms with van der Waals surface area (Å²) in [5, 5.41) is 35.0. The molecule has 0 aromatic carbocycles. The fourth-order valence-corrected chi connectivity index (χ4v) is 0.823. The minimum absolute atomic E-state index is 0.671. The Morgan fingerprint density at radius 3 is 2.12 bits per heavy atom. The zero-order valence-electron chi connectivity index (χ0n) is 8.03. The van der Waals surface area contributed by atoms with Gasteiger partial charge in [0.2, 0.25) is 5.76 Å². The highest BCUT2D eigenvalue weighted by atomic mass is 16.6. The predicted molar refractivity (Wildman–Crippen MR) is 49.0 cm³/mol. The lowest BCUT2D eigenvalue weighted by Crippen LogP contribution is -2.31. The molecule has 1 aliphatic heterocycles. The van der Waals surface area contributed by atoms with Crippen molar-refractivity contribution in [2.75, 3.05) is 6.61 Å². The van der Waals surface area contributed by atoms with Gasteiger partial charge >= 0.3 is 12.0 Å². The fraction of sp³-hybridized carbons (Fsp3) is 0.429. The van der Waals surface area contributed by atoms with E-state index in [2.05, 4.69) is 16.2 Å². The molecular formula is C7H12N2O7. The first-order valence-corrected chi connectivity index (χ1v) is 3.98. The van der Waals surface area contributed by atoms with Gasteiger partial charge in [0.05, 0.1) is 6.61 Å². The van der Waals surface area contributed by atoms with Gasteiger partial charge in [0.25, 0.3) is 0 Å². The number of rotatable bonds is 2. The lowest BCUT2D eigenvalue weighted by Gasteiger charge is -2.13. The largest absolute Gasteiger partial charge is 0.505 e. The minimum Gasteiger partial charge on any atom is -0.505 e. The number of hydrogen-bond acceptors (Lipinski definition) is 7. The topological polar surface area (TPSA) is 176 Å². The minimum atomic E-state index is -1.42. The molecule has 1 rings (SSSR count). The summed E-state index contributed by atoms with van der Waals surface area (Å²) in [6.07, 6.45) is -2.78. The molecule has 0 fully saturated rings. The summed E-state index contributed by atoms with van der Waals surface area (Å²) in [5.41, 5.74) is 8.50. The highest BCUT2D eigenvalue weighted by Gasteiger charge is 2.38. The Balaban J connectivity index is 0.000000487. The number of ether oxygens (including phenoxy) is 1. The number of cyclic esters (lactones) is 1. The zero-order valence-corrected chi connectivity index (χ0v) is 8.03. The van der Waals surface area contributed by atoms with E-state index in [0.717, 1.165) is 0 Å². The van der Waals surface area contributed by atoms with Crippen molar-refractivity contribution < 1.29 is 34.8 Å². The van der Waals surface area contributed by atoms with E-state index in [-0.39, 0.29) is 0 Å². The average Bonchev–Trinajstić information content (AvgIpc) is 2.44. The summed E-state index contributed by atoms with van der Waals surface area (Å²) >= 11 is 0. The van der Waals surface area contributed by atoms with Crippen LogP contribution in [0.3, 0.4) is 0 Å². The van der Waals surface area contributed by atoms with Gasteiger partial charge in [0.15, 0.2) is 11.9 Å². The van der Waals surface area contributed by atoms with Crippen LogP contribution in [0.5, 0.6) is 0 Å². The summed E-state index contributed by atoms with van der Waals surface area (Å²) in [5.74, 6) is -2.78. The molecule has 0 radical (unpaired) electrons. The van der Waals surface area contributed by atoms with Crippen LogP contribution in [0, 0.1) is 0 Å². The number of hydrogen-bond donors (Lipinski definition) is 6. The first-order chi connectivity index (χ1) is 7.31. The molecule has 0 saturated heterocycles. The van der Waals surface area contributed by atoms with Gasteiger partial charge in [-0.2, -0.15) is 0 Å². The molecule has 0 aromatic rings. The monoisotopic (exact) mass is 236 g/mol. The molecule has 0 unspecified atom stereocenters. The first-order valence-electron chi connectivity index (χ1n) is 3.98. The molecular weight excluding hydrogens is 224 g/mol. The number of nitrogens with two attached hydrogens (primary N) is 2. The number of esters is 1. The van der Waals surface area contributed by atoms with E-state index in [1.165, 1.54) is 0 Å². The smallest absolute Gasteiger partial charge is 0.377 e. The maximum absolute atomic E-state index is 10.5. The first kappa shape index (κ1) is 14.0. The van der Waals surface area contributed by atoms with Crippen molar-refractivity contribution in [1.82, 2.24) is 0 Å². The number of carbonyl (C=O) groups excluding carboxylic acids is 2. The summed E-state index contributed by atoms with van der Waals surface area (Å²) in [6.45, 7) is -0.671. The molecule has 0 aromatic heterocycles. The van der Waals surface area contributed by atoms with E-state index < -0.39 is 42.3 Å². The highest BCUT2D eigenvalue weighted by Crippen LogP contribution is 2.20. The average molecular weight is 236 g/mol. The number of carbonyl (C=O) groups is 2. The Morgan fingerprint density at radius 2 is 1.88 bits per heavy atom. The molecule has 2 atom stereocenters. The summed E-state index contributed by atoms with van der Waals surface area (Å²) in [4.78, 5) is 19.5. The van der Waals surface area contributed by atoms with Crippen LogP contribution in [-0.2, 0) is 9.53 Å². The highest BCUT2D eigenvalue weighted by molar-refractivity contribution is 5.89. The molecule has 0 spiro atoms. The summed E-state index contributed by atoms with van der Waals surface area (Å²) in [6, 6.07) is -0.833. The number of amides is 2. The van der Waals surface area contributed by atoms with Gasteiger partial charge in [0.1, 0.15) is 6.10 Å². The Bertz CT molecular complexity index is 310. The molecule has 92 valence electrons. The SMILES string of the molecule is NC(N)=O.O=C1O[C@H]([C@@H](O)CO)C(O)=C1O. The lowest BCUT2D eigenvalue weighted by atomic mass is 10.2. The van der Waals surface area contributed by atoms with Crippen LogP contribution in [0.2, 0.25) is 0 Å². The van der Waals surface area contributed by atoms with Crippen LogP contribution in [0.15, 0.2) is 11.5 Å².